The van der Waals surface area contributed by atoms with Crippen molar-refractivity contribution in [2.24, 2.45) is 0 Å². The Morgan fingerprint density at radius 1 is 1.04 bits per heavy atom. The largest absolute Gasteiger partial charge is 0.346 e. The first-order valence-corrected chi connectivity index (χ1v) is 9.94. The highest BCUT2D eigenvalue weighted by Gasteiger charge is 2.26. The molecule has 2 saturated heterocycles. The van der Waals surface area contributed by atoms with Crippen molar-refractivity contribution in [1.82, 2.24) is 14.8 Å². The summed E-state index contributed by atoms with van der Waals surface area (Å²) in [4.78, 5) is 35.4. The van der Waals surface area contributed by atoms with Gasteiger partial charge in [0.15, 0.2) is 0 Å². The van der Waals surface area contributed by atoms with Gasteiger partial charge in [-0.25, -0.2) is 4.98 Å². The van der Waals surface area contributed by atoms with E-state index >= 15 is 0 Å². The van der Waals surface area contributed by atoms with Crippen molar-refractivity contribution >= 4 is 17.6 Å². The fourth-order valence-corrected chi connectivity index (χ4v) is 3.81. The predicted molar refractivity (Wildman–Crippen MR) is 108 cm³/mol. The molecule has 0 saturated carbocycles. The molecule has 2 aromatic rings. The number of carbonyl (C=O) groups excluding carboxylic acids is 2. The average molecular weight is 378 g/mol. The highest BCUT2D eigenvalue weighted by Crippen LogP contribution is 2.19. The van der Waals surface area contributed by atoms with Crippen molar-refractivity contribution in [1.29, 1.82) is 0 Å². The Morgan fingerprint density at radius 3 is 2.50 bits per heavy atom. The molecule has 146 valence electrons. The van der Waals surface area contributed by atoms with Crippen LogP contribution in [0.5, 0.6) is 0 Å². The molecule has 28 heavy (non-hydrogen) atoms. The third-order valence-corrected chi connectivity index (χ3v) is 5.52. The van der Waals surface area contributed by atoms with Gasteiger partial charge in [-0.05, 0) is 37.5 Å². The summed E-state index contributed by atoms with van der Waals surface area (Å²) in [6, 6.07) is 11.9. The number of pyridine rings is 1. The van der Waals surface area contributed by atoms with Crippen LogP contribution in [0.15, 0.2) is 42.6 Å². The van der Waals surface area contributed by atoms with Gasteiger partial charge >= 0.3 is 0 Å². The SMILES string of the molecule is Cc1ccc(CN2CCN(c3cc(C(=O)N4CCCC4)ccn3)CC2=O)cc1. The summed E-state index contributed by atoms with van der Waals surface area (Å²) >= 11 is 0. The normalized spacial score (nSPS) is 17.3. The molecule has 2 aliphatic heterocycles. The number of hydrogen-bond donors (Lipinski definition) is 0. The van der Waals surface area contributed by atoms with Crippen LogP contribution < -0.4 is 4.90 Å². The van der Waals surface area contributed by atoms with E-state index in [1.165, 1.54) is 5.56 Å². The van der Waals surface area contributed by atoms with Gasteiger partial charge in [0.2, 0.25) is 5.91 Å². The molecule has 1 aromatic carbocycles. The van der Waals surface area contributed by atoms with Gasteiger partial charge in [0.05, 0.1) is 6.54 Å². The fourth-order valence-electron chi connectivity index (χ4n) is 3.81. The molecule has 6 nitrogen and oxygen atoms in total. The van der Waals surface area contributed by atoms with E-state index in [1.54, 1.807) is 12.3 Å². The zero-order valence-corrected chi connectivity index (χ0v) is 16.3. The van der Waals surface area contributed by atoms with Crippen molar-refractivity contribution in [2.45, 2.75) is 26.3 Å². The smallest absolute Gasteiger partial charge is 0.254 e. The van der Waals surface area contributed by atoms with Crippen LogP contribution in [0.1, 0.15) is 34.3 Å². The molecule has 0 radical (unpaired) electrons. The summed E-state index contributed by atoms with van der Waals surface area (Å²) < 4.78 is 0. The van der Waals surface area contributed by atoms with Gasteiger partial charge in [-0.15, -0.1) is 0 Å². The van der Waals surface area contributed by atoms with Crippen LogP contribution in [0.25, 0.3) is 0 Å². The highest BCUT2D eigenvalue weighted by atomic mass is 16.2. The van der Waals surface area contributed by atoms with Gasteiger partial charge in [0.1, 0.15) is 5.82 Å². The standard InChI is InChI=1S/C22H26N4O2/c1-17-4-6-18(7-5-17)15-26-13-12-25(16-21(26)27)20-14-19(8-9-23-20)22(28)24-10-2-3-11-24/h4-9,14H,2-3,10-13,15-16H2,1H3. The molecule has 1 aromatic heterocycles. The lowest BCUT2D eigenvalue weighted by atomic mass is 10.1. The van der Waals surface area contributed by atoms with E-state index in [2.05, 4.69) is 36.2 Å². The van der Waals surface area contributed by atoms with E-state index in [4.69, 9.17) is 0 Å². The van der Waals surface area contributed by atoms with Crippen LogP contribution in [0.2, 0.25) is 0 Å². The summed E-state index contributed by atoms with van der Waals surface area (Å²) in [5, 5.41) is 0. The average Bonchev–Trinajstić information content (AvgIpc) is 3.25. The van der Waals surface area contributed by atoms with E-state index in [0.29, 0.717) is 37.6 Å². The topological polar surface area (TPSA) is 56.8 Å². The van der Waals surface area contributed by atoms with Crippen molar-refractivity contribution in [3.8, 4) is 0 Å². The molecular formula is C22H26N4O2. The molecule has 2 fully saturated rings. The first-order chi connectivity index (χ1) is 13.6. The number of rotatable bonds is 4. The molecule has 0 N–H and O–H groups in total. The first kappa shape index (κ1) is 18.5. The number of carbonyl (C=O) groups is 2. The third kappa shape index (κ3) is 4.01. The second-order valence-corrected chi connectivity index (χ2v) is 7.62. The lowest BCUT2D eigenvalue weighted by molar-refractivity contribution is -0.131. The lowest BCUT2D eigenvalue weighted by Gasteiger charge is -2.35. The van der Waals surface area contributed by atoms with Gasteiger partial charge in [0, 0.05) is 44.5 Å². The van der Waals surface area contributed by atoms with Crippen LogP contribution in [-0.2, 0) is 11.3 Å². The summed E-state index contributed by atoms with van der Waals surface area (Å²) in [7, 11) is 0. The van der Waals surface area contributed by atoms with Crippen molar-refractivity contribution in [2.75, 3.05) is 37.6 Å². The molecular weight excluding hydrogens is 352 g/mol. The van der Waals surface area contributed by atoms with Gasteiger partial charge in [-0.1, -0.05) is 29.8 Å². The molecule has 6 heteroatoms. The fraction of sp³-hybridized carbons (Fsp3) is 0.409. The Labute approximate surface area is 165 Å². The molecule has 0 spiro atoms. The van der Waals surface area contributed by atoms with Gasteiger partial charge in [-0.3, -0.25) is 9.59 Å². The van der Waals surface area contributed by atoms with Crippen LogP contribution in [0.4, 0.5) is 5.82 Å². The van der Waals surface area contributed by atoms with Crippen molar-refractivity contribution in [3.63, 3.8) is 0 Å². The summed E-state index contributed by atoms with van der Waals surface area (Å²) in [5.74, 6) is 0.851. The number of benzene rings is 1. The molecule has 2 amide bonds. The molecule has 0 unspecified atom stereocenters. The number of likely N-dealkylation sites (tertiary alicyclic amines) is 1. The Morgan fingerprint density at radius 2 is 1.79 bits per heavy atom. The minimum atomic E-state index is 0.0606. The van der Waals surface area contributed by atoms with E-state index in [9.17, 15) is 9.59 Å². The zero-order chi connectivity index (χ0) is 19.5. The number of nitrogens with zero attached hydrogens (tertiary/aromatic N) is 4. The number of anilines is 1. The Bertz CT molecular complexity index is 859. The molecule has 3 heterocycles. The summed E-state index contributed by atoms with van der Waals surface area (Å²) in [6.45, 7) is 6.00. The number of aryl methyl sites for hydroxylation is 1. The maximum absolute atomic E-state index is 12.7. The van der Waals surface area contributed by atoms with E-state index in [-0.39, 0.29) is 11.8 Å². The molecule has 2 aliphatic rings. The van der Waals surface area contributed by atoms with E-state index < -0.39 is 0 Å². The number of hydrogen-bond acceptors (Lipinski definition) is 4. The zero-order valence-electron chi connectivity index (χ0n) is 16.3. The lowest BCUT2D eigenvalue weighted by Crippen LogP contribution is -2.50. The van der Waals surface area contributed by atoms with Gasteiger partial charge < -0.3 is 14.7 Å². The summed E-state index contributed by atoms with van der Waals surface area (Å²) in [6.07, 6.45) is 3.81. The Balaban J connectivity index is 1.41. The van der Waals surface area contributed by atoms with E-state index in [1.807, 2.05) is 20.8 Å². The summed E-state index contributed by atoms with van der Waals surface area (Å²) in [5.41, 5.74) is 3.01. The molecule has 0 bridgehead atoms. The maximum atomic E-state index is 12.7. The maximum Gasteiger partial charge on any atom is 0.254 e. The van der Waals surface area contributed by atoms with Gasteiger partial charge in [-0.2, -0.15) is 0 Å². The molecule has 0 aliphatic carbocycles. The van der Waals surface area contributed by atoms with Crippen LogP contribution in [0.3, 0.4) is 0 Å². The molecule has 4 rings (SSSR count). The van der Waals surface area contributed by atoms with Gasteiger partial charge in [0.25, 0.3) is 5.91 Å². The predicted octanol–water partition coefficient (Wildman–Crippen LogP) is 2.47. The quantitative estimate of drug-likeness (QED) is 0.820. The Kier molecular flexibility index (Phi) is 5.28. The third-order valence-electron chi connectivity index (χ3n) is 5.52. The second-order valence-electron chi connectivity index (χ2n) is 7.62. The number of aromatic nitrogens is 1. The minimum absolute atomic E-state index is 0.0606. The highest BCUT2D eigenvalue weighted by molar-refractivity contribution is 5.95. The van der Waals surface area contributed by atoms with Crippen LogP contribution >= 0.6 is 0 Å². The van der Waals surface area contributed by atoms with E-state index in [0.717, 1.165) is 31.5 Å². The van der Waals surface area contributed by atoms with Crippen molar-refractivity contribution < 1.29 is 9.59 Å². The minimum Gasteiger partial charge on any atom is -0.346 e. The Hall–Kier alpha value is -2.89. The monoisotopic (exact) mass is 378 g/mol. The number of amides is 2. The van der Waals surface area contributed by atoms with Crippen molar-refractivity contribution in [3.05, 3.63) is 59.3 Å². The van der Waals surface area contributed by atoms with Crippen LogP contribution in [0, 0.1) is 6.92 Å². The number of piperazine rings is 1. The molecule has 0 atom stereocenters. The van der Waals surface area contributed by atoms with Crippen LogP contribution in [-0.4, -0.2) is 59.3 Å². The second kappa shape index (κ2) is 8.00. The first-order valence-electron chi connectivity index (χ1n) is 9.94.